The van der Waals surface area contributed by atoms with Crippen molar-refractivity contribution in [3.05, 3.63) is 48.0 Å². The normalized spacial score (nSPS) is 15.2. The topological polar surface area (TPSA) is 70.5 Å². The summed E-state index contributed by atoms with van der Waals surface area (Å²) in [6, 6.07) is 7.60. The Balaban J connectivity index is 1.77. The maximum Gasteiger partial charge on any atom is 0.255 e. The zero-order valence-corrected chi connectivity index (χ0v) is 16.2. The Morgan fingerprint density at radius 3 is 2.59 bits per heavy atom. The second-order valence-electron chi connectivity index (χ2n) is 7.21. The predicted molar refractivity (Wildman–Crippen MR) is 104 cm³/mol. The lowest BCUT2D eigenvalue weighted by molar-refractivity contribution is -0.125. The highest BCUT2D eigenvalue weighted by Crippen LogP contribution is 2.22. The average Bonchev–Trinajstić information content (AvgIpc) is 3.14. The van der Waals surface area contributed by atoms with Crippen molar-refractivity contribution in [3.63, 3.8) is 0 Å². The van der Waals surface area contributed by atoms with E-state index < -0.39 is 0 Å². The molecule has 1 aliphatic rings. The van der Waals surface area contributed by atoms with E-state index in [4.69, 9.17) is 0 Å². The zero-order chi connectivity index (χ0) is 19.4. The molecule has 1 aliphatic heterocycles. The summed E-state index contributed by atoms with van der Waals surface area (Å²) in [5.74, 6) is 0.0645. The van der Waals surface area contributed by atoms with Crippen molar-refractivity contribution in [2.24, 2.45) is 5.92 Å². The minimum atomic E-state index is -0.00321. The molecule has 0 atom stereocenters. The van der Waals surface area contributed by atoms with E-state index in [9.17, 15) is 9.59 Å². The zero-order valence-electron chi connectivity index (χ0n) is 16.2. The summed E-state index contributed by atoms with van der Waals surface area (Å²) in [7, 11) is 5.66. The molecule has 7 nitrogen and oxygen atoms in total. The summed E-state index contributed by atoms with van der Waals surface area (Å²) in [4.78, 5) is 33.2. The van der Waals surface area contributed by atoms with Gasteiger partial charge in [-0.2, -0.15) is 0 Å². The quantitative estimate of drug-likeness (QED) is 0.868. The van der Waals surface area contributed by atoms with E-state index in [1.807, 2.05) is 54.0 Å². The molecule has 2 amide bonds. The van der Waals surface area contributed by atoms with Gasteiger partial charge in [0.05, 0.1) is 23.3 Å². The standard InChI is InChI=1S/C20H27N5O2/c1-21-19(26)15-8-10-24(11-9-15)20(27)17-6-4-5-7-18(17)25-13-16(22-14-25)12-23(2)3/h4-7,13-15H,8-12H2,1-3H3,(H,21,26). The van der Waals surface area contributed by atoms with Crippen LogP contribution in [0.5, 0.6) is 0 Å². The number of aromatic nitrogens is 2. The van der Waals surface area contributed by atoms with Crippen molar-refractivity contribution in [3.8, 4) is 5.69 Å². The maximum atomic E-state index is 13.1. The van der Waals surface area contributed by atoms with Crippen LogP contribution in [-0.2, 0) is 11.3 Å². The molecular formula is C20H27N5O2. The van der Waals surface area contributed by atoms with Gasteiger partial charge in [-0.05, 0) is 39.1 Å². The minimum absolute atomic E-state index is 0.00321. The molecule has 1 aromatic carbocycles. The van der Waals surface area contributed by atoms with E-state index in [1.165, 1.54) is 0 Å². The number of amides is 2. The summed E-state index contributed by atoms with van der Waals surface area (Å²) < 4.78 is 1.91. The Labute approximate surface area is 160 Å². The van der Waals surface area contributed by atoms with Gasteiger partial charge >= 0.3 is 0 Å². The first-order chi connectivity index (χ1) is 13.0. The Bertz CT molecular complexity index is 806. The van der Waals surface area contributed by atoms with Crippen LogP contribution < -0.4 is 5.32 Å². The van der Waals surface area contributed by atoms with Crippen LogP contribution in [0.2, 0.25) is 0 Å². The third kappa shape index (κ3) is 4.36. The molecule has 2 heterocycles. The van der Waals surface area contributed by atoms with Crippen molar-refractivity contribution < 1.29 is 9.59 Å². The lowest BCUT2D eigenvalue weighted by Gasteiger charge is -2.31. The lowest BCUT2D eigenvalue weighted by Crippen LogP contribution is -2.42. The number of benzene rings is 1. The number of hydrogen-bond donors (Lipinski definition) is 1. The van der Waals surface area contributed by atoms with Crippen LogP contribution >= 0.6 is 0 Å². The number of imidazole rings is 1. The van der Waals surface area contributed by atoms with Crippen LogP contribution in [0.1, 0.15) is 28.9 Å². The largest absolute Gasteiger partial charge is 0.359 e. The first-order valence-corrected chi connectivity index (χ1v) is 9.27. The van der Waals surface area contributed by atoms with E-state index in [0.717, 1.165) is 17.9 Å². The second-order valence-corrected chi connectivity index (χ2v) is 7.21. The number of nitrogens with one attached hydrogen (secondary N) is 1. The van der Waals surface area contributed by atoms with Gasteiger partial charge in [0.25, 0.3) is 5.91 Å². The van der Waals surface area contributed by atoms with E-state index in [1.54, 1.807) is 13.4 Å². The highest BCUT2D eigenvalue weighted by Gasteiger charge is 2.28. The molecule has 0 radical (unpaired) electrons. The molecule has 1 N–H and O–H groups in total. The third-order valence-corrected chi connectivity index (χ3v) is 4.93. The fourth-order valence-corrected chi connectivity index (χ4v) is 3.50. The summed E-state index contributed by atoms with van der Waals surface area (Å²) in [6.45, 7) is 1.94. The molecule has 27 heavy (non-hydrogen) atoms. The van der Waals surface area contributed by atoms with E-state index >= 15 is 0 Å². The number of rotatable bonds is 5. The Morgan fingerprint density at radius 1 is 1.22 bits per heavy atom. The highest BCUT2D eigenvalue weighted by molar-refractivity contribution is 5.98. The Hall–Kier alpha value is -2.67. The van der Waals surface area contributed by atoms with Crippen LogP contribution in [0.25, 0.3) is 5.69 Å². The molecule has 0 bridgehead atoms. The van der Waals surface area contributed by atoms with Crippen LogP contribution in [0.15, 0.2) is 36.8 Å². The second kappa shape index (κ2) is 8.35. The monoisotopic (exact) mass is 369 g/mol. The van der Waals surface area contributed by atoms with E-state index in [2.05, 4.69) is 15.2 Å². The van der Waals surface area contributed by atoms with E-state index in [-0.39, 0.29) is 17.7 Å². The average molecular weight is 369 g/mol. The summed E-state index contributed by atoms with van der Waals surface area (Å²) >= 11 is 0. The van der Waals surface area contributed by atoms with Crippen molar-refractivity contribution in [2.75, 3.05) is 34.2 Å². The fraction of sp³-hybridized carbons (Fsp3) is 0.450. The smallest absolute Gasteiger partial charge is 0.255 e. The molecule has 1 fully saturated rings. The number of carbonyl (C=O) groups excluding carboxylic acids is 2. The van der Waals surface area contributed by atoms with Crippen LogP contribution in [0.3, 0.4) is 0 Å². The molecule has 3 rings (SSSR count). The van der Waals surface area contributed by atoms with Crippen molar-refractivity contribution in [1.82, 2.24) is 24.7 Å². The number of para-hydroxylation sites is 1. The minimum Gasteiger partial charge on any atom is -0.359 e. The molecule has 0 unspecified atom stereocenters. The van der Waals surface area contributed by atoms with Crippen LogP contribution in [-0.4, -0.2) is 65.4 Å². The number of likely N-dealkylation sites (tertiary alicyclic amines) is 1. The van der Waals surface area contributed by atoms with Crippen LogP contribution in [0, 0.1) is 5.92 Å². The van der Waals surface area contributed by atoms with Gasteiger partial charge in [-0.25, -0.2) is 4.98 Å². The molecule has 144 valence electrons. The molecule has 0 spiro atoms. The Kier molecular flexibility index (Phi) is 5.91. The Morgan fingerprint density at radius 2 is 1.93 bits per heavy atom. The molecule has 0 aliphatic carbocycles. The molecule has 2 aromatic rings. The van der Waals surface area contributed by atoms with E-state index in [0.29, 0.717) is 31.5 Å². The molecule has 0 saturated carbocycles. The third-order valence-electron chi connectivity index (χ3n) is 4.93. The summed E-state index contributed by atoms with van der Waals surface area (Å²) in [6.07, 6.45) is 5.12. The van der Waals surface area contributed by atoms with Crippen molar-refractivity contribution in [1.29, 1.82) is 0 Å². The van der Waals surface area contributed by atoms with Gasteiger partial charge in [-0.15, -0.1) is 0 Å². The fourth-order valence-electron chi connectivity index (χ4n) is 3.50. The summed E-state index contributed by atoms with van der Waals surface area (Å²) in [5.41, 5.74) is 2.44. The number of piperidine rings is 1. The van der Waals surface area contributed by atoms with Crippen LogP contribution in [0.4, 0.5) is 0 Å². The number of nitrogens with zero attached hydrogens (tertiary/aromatic N) is 4. The molecular weight excluding hydrogens is 342 g/mol. The maximum absolute atomic E-state index is 13.1. The SMILES string of the molecule is CNC(=O)C1CCN(C(=O)c2ccccc2-n2cnc(CN(C)C)c2)CC1. The van der Waals surface area contributed by atoms with Gasteiger partial charge in [-0.3, -0.25) is 9.59 Å². The first-order valence-electron chi connectivity index (χ1n) is 9.27. The number of hydrogen-bond acceptors (Lipinski definition) is 4. The number of carbonyl (C=O) groups is 2. The van der Waals surface area contributed by atoms with Crippen molar-refractivity contribution in [2.45, 2.75) is 19.4 Å². The predicted octanol–water partition coefficient (Wildman–Crippen LogP) is 1.53. The van der Waals surface area contributed by atoms with Gasteiger partial charge in [0.15, 0.2) is 0 Å². The summed E-state index contributed by atoms with van der Waals surface area (Å²) in [5, 5.41) is 2.70. The van der Waals surface area contributed by atoms with Crippen molar-refractivity contribution >= 4 is 11.8 Å². The molecule has 7 heteroatoms. The van der Waals surface area contributed by atoms with Gasteiger partial charge < -0.3 is 19.7 Å². The molecule has 1 saturated heterocycles. The van der Waals surface area contributed by atoms with Gasteiger partial charge in [-0.1, -0.05) is 12.1 Å². The highest BCUT2D eigenvalue weighted by atomic mass is 16.2. The van der Waals surface area contributed by atoms with Gasteiger partial charge in [0.1, 0.15) is 0 Å². The molecule has 1 aromatic heterocycles. The first kappa shape index (κ1) is 19.1. The van der Waals surface area contributed by atoms with Gasteiger partial charge in [0.2, 0.25) is 5.91 Å². The van der Waals surface area contributed by atoms with Gasteiger partial charge in [0, 0.05) is 38.8 Å². The lowest BCUT2D eigenvalue weighted by atomic mass is 9.95.